The Bertz CT molecular complexity index is 664. The summed E-state index contributed by atoms with van der Waals surface area (Å²) in [6.07, 6.45) is 3.35. The van der Waals surface area contributed by atoms with E-state index in [0.717, 1.165) is 12.2 Å². The largest absolute Gasteiger partial charge is 0.467 e. The summed E-state index contributed by atoms with van der Waals surface area (Å²) in [5.41, 5.74) is 2.48. The van der Waals surface area contributed by atoms with E-state index in [1.54, 1.807) is 11.2 Å². The zero-order chi connectivity index (χ0) is 15.5. The minimum absolute atomic E-state index is 0.0750. The van der Waals surface area contributed by atoms with E-state index in [4.69, 9.17) is 16.6 Å². The van der Waals surface area contributed by atoms with Gasteiger partial charge < -0.3 is 4.42 Å². The van der Waals surface area contributed by atoms with Gasteiger partial charge in [0.05, 0.1) is 18.1 Å². The van der Waals surface area contributed by atoms with E-state index < -0.39 is 0 Å². The van der Waals surface area contributed by atoms with Gasteiger partial charge in [0.2, 0.25) is 5.91 Å². The standard InChI is InChI=1S/C17H17NO2S2/c1-2-12-5-7-13(8-6-12)10-15-16(19)18(17(21)22-15)11-14-4-3-9-20-14/h3-9,15H,2,10-11H2,1H3/t15-/m1/s1. The van der Waals surface area contributed by atoms with E-state index in [0.29, 0.717) is 17.3 Å². The summed E-state index contributed by atoms with van der Waals surface area (Å²) in [6.45, 7) is 2.55. The highest BCUT2D eigenvalue weighted by atomic mass is 32.2. The fraction of sp³-hybridized carbons (Fsp3) is 0.294. The van der Waals surface area contributed by atoms with Gasteiger partial charge in [0, 0.05) is 0 Å². The first-order chi connectivity index (χ1) is 10.7. The predicted molar refractivity (Wildman–Crippen MR) is 92.8 cm³/mol. The van der Waals surface area contributed by atoms with Crippen molar-refractivity contribution < 1.29 is 9.21 Å². The summed E-state index contributed by atoms with van der Waals surface area (Å²) < 4.78 is 5.94. The van der Waals surface area contributed by atoms with Crippen molar-refractivity contribution >= 4 is 34.2 Å². The number of rotatable bonds is 5. The van der Waals surface area contributed by atoms with Crippen LogP contribution in [0.25, 0.3) is 0 Å². The molecule has 1 aromatic heterocycles. The number of hydrogen-bond acceptors (Lipinski definition) is 4. The Morgan fingerprint density at radius 3 is 2.59 bits per heavy atom. The van der Waals surface area contributed by atoms with Crippen LogP contribution in [0.1, 0.15) is 23.8 Å². The third kappa shape index (κ3) is 3.25. The van der Waals surface area contributed by atoms with Gasteiger partial charge in [-0.15, -0.1) is 0 Å². The molecule has 1 aromatic carbocycles. The molecular weight excluding hydrogens is 314 g/mol. The highest BCUT2D eigenvalue weighted by Crippen LogP contribution is 2.31. The van der Waals surface area contributed by atoms with Gasteiger partial charge in [-0.2, -0.15) is 0 Å². The van der Waals surface area contributed by atoms with Gasteiger partial charge in [-0.1, -0.05) is 55.2 Å². The maximum atomic E-state index is 12.5. The van der Waals surface area contributed by atoms with E-state index >= 15 is 0 Å². The first-order valence-electron chi connectivity index (χ1n) is 7.29. The minimum atomic E-state index is -0.130. The number of thioether (sulfide) groups is 1. The van der Waals surface area contributed by atoms with Crippen LogP contribution >= 0.6 is 24.0 Å². The predicted octanol–water partition coefficient (Wildman–Crippen LogP) is 3.81. The number of carbonyl (C=O) groups excluding carboxylic acids is 1. The number of benzene rings is 1. The fourth-order valence-electron chi connectivity index (χ4n) is 2.45. The lowest BCUT2D eigenvalue weighted by Gasteiger charge is -2.13. The Labute approximate surface area is 139 Å². The minimum Gasteiger partial charge on any atom is -0.467 e. The Morgan fingerprint density at radius 1 is 1.23 bits per heavy atom. The molecule has 1 aliphatic heterocycles. The number of furan rings is 1. The molecule has 0 aliphatic carbocycles. The second-order valence-electron chi connectivity index (χ2n) is 5.25. The number of hydrogen-bond donors (Lipinski definition) is 0. The van der Waals surface area contributed by atoms with Crippen LogP contribution in [0.15, 0.2) is 47.1 Å². The zero-order valence-corrected chi connectivity index (χ0v) is 14.0. The van der Waals surface area contributed by atoms with Gasteiger partial charge in [-0.3, -0.25) is 9.69 Å². The molecule has 0 saturated carbocycles. The van der Waals surface area contributed by atoms with Crippen LogP contribution < -0.4 is 0 Å². The van der Waals surface area contributed by atoms with E-state index in [1.165, 1.54) is 22.9 Å². The van der Waals surface area contributed by atoms with Crippen LogP contribution in [-0.2, 0) is 24.2 Å². The van der Waals surface area contributed by atoms with Gasteiger partial charge >= 0.3 is 0 Å². The lowest BCUT2D eigenvalue weighted by atomic mass is 10.1. The molecule has 1 aliphatic rings. The number of aryl methyl sites for hydroxylation is 1. The highest BCUT2D eigenvalue weighted by Gasteiger charge is 2.37. The van der Waals surface area contributed by atoms with Crippen LogP contribution in [-0.4, -0.2) is 20.4 Å². The van der Waals surface area contributed by atoms with Crippen molar-refractivity contribution in [3.63, 3.8) is 0 Å². The maximum Gasteiger partial charge on any atom is 0.242 e. The van der Waals surface area contributed by atoms with Crippen molar-refractivity contribution in [3.05, 3.63) is 59.5 Å². The van der Waals surface area contributed by atoms with E-state index in [1.807, 2.05) is 12.1 Å². The lowest BCUT2D eigenvalue weighted by molar-refractivity contribution is -0.126. The Morgan fingerprint density at radius 2 is 1.95 bits per heavy atom. The molecular formula is C17H17NO2S2. The summed E-state index contributed by atoms with van der Waals surface area (Å²) in [4.78, 5) is 14.2. The molecule has 0 bridgehead atoms. The number of thiocarbonyl (C=S) groups is 1. The zero-order valence-electron chi connectivity index (χ0n) is 12.3. The van der Waals surface area contributed by atoms with Crippen molar-refractivity contribution in [2.24, 2.45) is 0 Å². The number of carbonyl (C=O) groups is 1. The third-order valence-electron chi connectivity index (χ3n) is 3.75. The third-order valence-corrected chi connectivity index (χ3v) is 5.34. The first kappa shape index (κ1) is 15.3. The molecule has 1 amide bonds. The van der Waals surface area contributed by atoms with E-state index in [-0.39, 0.29) is 11.2 Å². The molecule has 0 N–H and O–H groups in total. The first-order valence-corrected chi connectivity index (χ1v) is 8.58. The van der Waals surface area contributed by atoms with E-state index in [2.05, 4.69) is 31.2 Å². The van der Waals surface area contributed by atoms with Crippen molar-refractivity contribution in [2.45, 2.75) is 31.6 Å². The van der Waals surface area contributed by atoms with Crippen LogP contribution in [0.5, 0.6) is 0 Å². The van der Waals surface area contributed by atoms with Crippen molar-refractivity contribution in [2.75, 3.05) is 0 Å². The molecule has 22 heavy (non-hydrogen) atoms. The normalized spacial score (nSPS) is 18.2. The monoisotopic (exact) mass is 331 g/mol. The average molecular weight is 331 g/mol. The lowest BCUT2D eigenvalue weighted by Crippen LogP contribution is -2.31. The number of amides is 1. The Kier molecular flexibility index (Phi) is 4.64. The molecule has 3 nitrogen and oxygen atoms in total. The summed E-state index contributed by atoms with van der Waals surface area (Å²) in [7, 11) is 0. The molecule has 1 fully saturated rings. The van der Waals surface area contributed by atoms with Gasteiger partial charge in [-0.05, 0) is 36.1 Å². The fourth-order valence-corrected chi connectivity index (χ4v) is 3.99. The van der Waals surface area contributed by atoms with Gasteiger partial charge in [0.25, 0.3) is 0 Å². The van der Waals surface area contributed by atoms with Crippen LogP contribution in [0.2, 0.25) is 0 Å². The van der Waals surface area contributed by atoms with Crippen molar-refractivity contribution in [3.8, 4) is 0 Å². The Hall–Kier alpha value is -1.59. The maximum absolute atomic E-state index is 12.5. The smallest absolute Gasteiger partial charge is 0.242 e. The summed E-state index contributed by atoms with van der Waals surface area (Å²) in [5.74, 6) is 0.829. The average Bonchev–Trinajstić information content (AvgIpc) is 3.13. The molecule has 0 unspecified atom stereocenters. The molecule has 3 rings (SSSR count). The molecule has 0 radical (unpaired) electrons. The second kappa shape index (κ2) is 6.67. The molecule has 2 aromatic rings. The summed E-state index contributed by atoms with van der Waals surface area (Å²) >= 11 is 6.82. The SMILES string of the molecule is CCc1ccc(C[C@H]2SC(=S)N(Cc3ccco3)C2=O)cc1. The van der Waals surface area contributed by atoms with Crippen LogP contribution in [0.4, 0.5) is 0 Å². The van der Waals surface area contributed by atoms with Crippen molar-refractivity contribution in [1.82, 2.24) is 4.90 Å². The van der Waals surface area contributed by atoms with Crippen LogP contribution in [0, 0.1) is 0 Å². The van der Waals surface area contributed by atoms with E-state index in [9.17, 15) is 4.79 Å². The molecule has 0 spiro atoms. The van der Waals surface area contributed by atoms with Gasteiger partial charge in [-0.25, -0.2) is 0 Å². The van der Waals surface area contributed by atoms with Crippen LogP contribution in [0.3, 0.4) is 0 Å². The molecule has 1 atom stereocenters. The molecule has 1 saturated heterocycles. The Balaban J connectivity index is 1.67. The summed E-state index contributed by atoms with van der Waals surface area (Å²) in [5, 5.41) is -0.130. The summed E-state index contributed by atoms with van der Waals surface area (Å²) in [6, 6.07) is 12.1. The van der Waals surface area contributed by atoms with Gasteiger partial charge in [0.1, 0.15) is 10.1 Å². The highest BCUT2D eigenvalue weighted by molar-refractivity contribution is 8.24. The van der Waals surface area contributed by atoms with Gasteiger partial charge in [0.15, 0.2) is 0 Å². The molecule has 5 heteroatoms. The molecule has 114 valence electrons. The molecule has 2 heterocycles. The number of nitrogens with zero attached hydrogens (tertiary/aromatic N) is 1. The van der Waals surface area contributed by atoms with Crippen molar-refractivity contribution in [1.29, 1.82) is 0 Å². The second-order valence-corrected chi connectivity index (χ2v) is 7.09. The topological polar surface area (TPSA) is 33.5 Å². The quantitative estimate of drug-likeness (QED) is 0.780.